The zero-order valence-electron chi connectivity index (χ0n) is 11.6. The van der Waals surface area contributed by atoms with E-state index in [9.17, 15) is 4.79 Å². The Morgan fingerprint density at radius 2 is 2.40 bits per heavy atom. The van der Waals surface area contributed by atoms with Gasteiger partial charge in [-0.05, 0) is 37.6 Å². The maximum absolute atomic E-state index is 12.0. The fourth-order valence-electron chi connectivity index (χ4n) is 2.50. The zero-order valence-corrected chi connectivity index (χ0v) is 12.3. The van der Waals surface area contributed by atoms with E-state index >= 15 is 0 Å². The lowest BCUT2D eigenvalue weighted by molar-refractivity contribution is -0.117. The van der Waals surface area contributed by atoms with Crippen LogP contribution in [0.5, 0.6) is 5.75 Å². The van der Waals surface area contributed by atoms with Crippen molar-refractivity contribution in [1.29, 1.82) is 0 Å². The van der Waals surface area contributed by atoms with Crippen molar-refractivity contribution in [2.24, 2.45) is 5.73 Å². The number of likely N-dealkylation sites (tertiary alicyclic amines) is 1. The molecule has 1 amide bonds. The van der Waals surface area contributed by atoms with Crippen molar-refractivity contribution in [3.63, 3.8) is 0 Å². The summed E-state index contributed by atoms with van der Waals surface area (Å²) in [6.45, 7) is 1.89. The van der Waals surface area contributed by atoms with Crippen LogP contribution in [0.25, 0.3) is 0 Å². The van der Waals surface area contributed by atoms with Crippen LogP contribution in [0.15, 0.2) is 18.2 Å². The molecule has 1 atom stereocenters. The van der Waals surface area contributed by atoms with Gasteiger partial charge in [0.2, 0.25) is 5.91 Å². The first-order chi connectivity index (χ1) is 9.63. The molecular formula is C14H20ClN3O2. The number of anilines is 1. The van der Waals surface area contributed by atoms with Crippen molar-refractivity contribution in [3.8, 4) is 5.75 Å². The minimum Gasteiger partial charge on any atom is -0.495 e. The van der Waals surface area contributed by atoms with Crippen molar-refractivity contribution in [2.45, 2.75) is 18.9 Å². The molecule has 1 aromatic rings. The molecule has 1 aliphatic heterocycles. The summed E-state index contributed by atoms with van der Waals surface area (Å²) in [6, 6.07) is 5.51. The van der Waals surface area contributed by atoms with Gasteiger partial charge in [0.25, 0.3) is 0 Å². The molecule has 3 N–H and O–H groups in total. The van der Waals surface area contributed by atoms with Gasteiger partial charge in [0.1, 0.15) is 5.75 Å². The number of hydrogen-bond acceptors (Lipinski definition) is 4. The van der Waals surface area contributed by atoms with E-state index in [2.05, 4.69) is 10.2 Å². The lowest BCUT2D eigenvalue weighted by atomic mass is 10.2. The van der Waals surface area contributed by atoms with Crippen molar-refractivity contribution < 1.29 is 9.53 Å². The van der Waals surface area contributed by atoms with E-state index in [-0.39, 0.29) is 5.91 Å². The molecule has 0 radical (unpaired) electrons. The fourth-order valence-corrected chi connectivity index (χ4v) is 2.76. The Balaban J connectivity index is 1.92. The van der Waals surface area contributed by atoms with Crippen LogP contribution in [-0.4, -0.2) is 43.6 Å². The van der Waals surface area contributed by atoms with Crippen LogP contribution >= 0.6 is 11.6 Å². The van der Waals surface area contributed by atoms with Crippen molar-refractivity contribution in [1.82, 2.24) is 4.90 Å². The Morgan fingerprint density at radius 1 is 1.60 bits per heavy atom. The summed E-state index contributed by atoms with van der Waals surface area (Å²) in [6.07, 6.45) is 2.17. The molecule has 1 unspecified atom stereocenters. The van der Waals surface area contributed by atoms with Gasteiger partial charge in [0, 0.05) is 18.3 Å². The largest absolute Gasteiger partial charge is 0.495 e. The first kappa shape index (κ1) is 15.1. The Kier molecular flexibility index (Phi) is 5.23. The maximum atomic E-state index is 12.0. The van der Waals surface area contributed by atoms with E-state index in [0.717, 1.165) is 19.4 Å². The number of nitrogens with zero attached hydrogens (tertiary/aromatic N) is 1. The SMILES string of the molecule is COc1ccc(NC(=O)CN2CCCC2CN)cc1Cl. The van der Waals surface area contributed by atoms with E-state index < -0.39 is 0 Å². The molecule has 6 heteroatoms. The molecule has 0 saturated carbocycles. The Hall–Kier alpha value is -1.30. The first-order valence-corrected chi connectivity index (χ1v) is 7.09. The van der Waals surface area contributed by atoms with Crippen molar-refractivity contribution in [2.75, 3.05) is 32.1 Å². The van der Waals surface area contributed by atoms with Crippen LogP contribution < -0.4 is 15.8 Å². The minimum atomic E-state index is -0.0495. The van der Waals surface area contributed by atoms with E-state index in [1.54, 1.807) is 25.3 Å². The number of carbonyl (C=O) groups excluding carboxylic acids is 1. The van der Waals surface area contributed by atoms with Gasteiger partial charge in [0.05, 0.1) is 18.7 Å². The van der Waals surface area contributed by atoms with Gasteiger partial charge in [-0.15, -0.1) is 0 Å². The third-order valence-corrected chi connectivity index (χ3v) is 3.85. The monoisotopic (exact) mass is 297 g/mol. The van der Waals surface area contributed by atoms with Crippen LogP contribution in [0, 0.1) is 0 Å². The highest BCUT2D eigenvalue weighted by Gasteiger charge is 2.24. The van der Waals surface area contributed by atoms with Crippen LogP contribution in [0.3, 0.4) is 0 Å². The third kappa shape index (κ3) is 3.62. The quantitative estimate of drug-likeness (QED) is 0.868. The number of benzene rings is 1. The standard InChI is InChI=1S/C14H20ClN3O2/c1-20-13-5-4-10(7-12(13)15)17-14(19)9-18-6-2-3-11(18)8-16/h4-5,7,11H,2-3,6,8-9,16H2,1H3,(H,17,19). The van der Waals surface area contributed by atoms with Gasteiger partial charge in [-0.3, -0.25) is 9.69 Å². The second kappa shape index (κ2) is 6.92. The summed E-state index contributed by atoms with van der Waals surface area (Å²) in [7, 11) is 1.56. The van der Waals surface area contributed by atoms with Gasteiger partial charge >= 0.3 is 0 Å². The molecule has 1 saturated heterocycles. The van der Waals surface area contributed by atoms with Crippen LogP contribution in [-0.2, 0) is 4.79 Å². The predicted octanol–water partition coefficient (Wildman–Crippen LogP) is 1.71. The van der Waals surface area contributed by atoms with Gasteiger partial charge in [-0.25, -0.2) is 0 Å². The Bertz CT molecular complexity index is 481. The Morgan fingerprint density at radius 3 is 3.05 bits per heavy atom. The van der Waals surface area contributed by atoms with Crippen LogP contribution in [0.4, 0.5) is 5.69 Å². The third-order valence-electron chi connectivity index (χ3n) is 3.55. The number of hydrogen-bond donors (Lipinski definition) is 2. The van der Waals surface area contributed by atoms with E-state index in [4.69, 9.17) is 22.1 Å². The smallest absolute Gasteiger partial charge is 0.238 e. The molecule has 0 spiro atoms. The lowest BCUT2D eigenvalue weighted by Gasteiger charge is -2.22. The van der Waals surface area contributed by atoms with Crippen molar-refractivity contribution in [3.05, 3.63) is 23.2 Å². The number of ether oxygens (including phenoxy) is 1. The number of nitrogens with two attached hydrogens (primary N) is 1. The summed E-state index contributed by atoms with van der Waals surface area (Å²) < 4.78 is 5.07. The first-order valence-electron chi connectivity index (χ1n) is 6.71. The molecule has 110 valence electrons. The second-order valence-electron chi connectivity index (χ2n) is 4.90. The minimum absolute atomic E-state index is 0.0495. The normalized spacial score (nSPS) is 19.1. The summed E-state index contributed by atoms with van der Waals surface area (Å²) in [5.41, 5.74) is 6.37. The van der Waals surface area contributed by atoms with Crippen LogP contribution in [0.2, 0.25) is 5.02 Å². The number of nitrogens with one attached hydrogen (secondary N) is 1. The second-order valence-corrected chi connectivity index (χ2v) is 5.31. The molecule has 2 rings (SSSR count). The molecule has 5 nitrogen and oxygen atoms in total. The van der Waals surface area contributed by atoms with Gasteiger partial charge in [-0.1, -0.05) is 11.6 Å². The van der Waals surface area contributed by atoms with Crippen LogP contribution in [0.1, 0.15) is 12.8 Å². The highest BCUT2D eigenvalue weighted by atomic mass is 35.5. The Labute approximate surface area is 124 Å². The van der Waals surface area contributed by atoms with Gasteiger partial charge in [-0.2, -0.15) is 0 Å². The zero-order chi connectivity index (χ0) is 14.5. The van der Waals surface area contributed by atoms with Gasteiger partial charge < -0.3 is 15.8 Å². The predicted molar refractivity (Wildman–Crippen MR) is 80.3 cm³/mol. The van der Waals surface area contributed by atoms with Crippen molar-refractivity contribution >= 4 is 23.2 Å². The van der Waals surface area contributed by atoms with Gasteiger partial charge in [0.15, 0.2) is 0 Å². The maximum Gasteiger partial charge on any atom is 0.238 e. The molecule has 0 aromatic heterocycles. The summed E-state index contributed by atoms with van der Waals surface area (Å²) in [4.78, 5) is 14.2. The van der Waals surface area contributed by atoms with E-state index in [0.29, 0.717) is 35.6 Å². The molecule has 0 bridgehead atoms. The summed E-state index contributed by atoms with van der Waals surface area (Å²) in [5.74, 6) is 0.541. The molecule has 20 heavy (non-hydrogen) atoms. The molecule has 1 aliphatic rings. The number of methoxy groups -OCH3 is 1. The number of amides is 1. The lowest BCUT2D eigenvalue weighted by Crippen LogP contribution is -2.40. The average molecular weight is 298 g/mol. The topological polar surface area (TPSA) is 67.6 Å². The summed E-state index contributed by atoms with van der Waals surface area (Å²) >= 11 is 6.03. The molecular weight excluding hydrogens is 278 g/mol. The highest BCUT2D eigenvalue weighted by Crippen LogP contribution is 2.27. The molecule has 0 aliphatic carbocycles. The van der Waals surface area contributed by atoms with E-state index in [1.807, 2.05) is 0 Å². The summed E-state index contributed by atoms with van der Waals surface area (Å²) in [5, 5.41) is 3.32. The molecule has 1 aromatic carbocycles. The highest BCUT2D eigenvalue weighted by molar-refractivity contribution is 6.32. The number of rotatable bonds is 5. The molecule has 1 fully saturated rings. The average Bonchev–Trinajstić information content (AvgIpc) is 2.86. The molecule has 1 heterocycles. The van der Waals surface area contributed by atoms with E-state index in [1.165, 1.54) is 0 Å². The number of carbonyl (C=O) groups is 1. The number of halogens is 1. The fraction of sp³-hybridized carbons (Fsp3) is 0.500.